The Morgan fingerprint density at radius 3 is 2.00 bits per heavy atom. The van der Waals surface area contributed by atoms with Crippen molar-refractivity contribution in [2.75, 3.05) is 7.11 Å². The molecule has 0 amide bonds. The summed E-state index contributed by atoms with van der Waals surface area (Å²) in [6.07, 6.45) is 0. The van der Waals surface area contributed by atoms with Crippen molar-refractivity contribution in [3.63, 3.8) is 0 Å². The van der Waals surface area contributed by atoms with Crippen LogP contribution >= 0.6 is 0 Å². The number of rotatable bonds is 5. The van der Waals surface area contributed by atoms with E-state index < -0.39 is 10.0 Å². The van der Waals surface area contributed by atoms with Gasteiger partial charge in [0.2, 0.25) is 5.90 Å². The number of nitrogens with zero attached hydrogens (tertiary/aromatic N) is 1. The molecule has 0 N–H and O–H groups in total. The van der Waals surface area contributed by atoms with Crippen LogP contribution in [0.2, 0.25) is 0 Å². The minimum absolute atomic E-state index is 0.00124. The minimum atomic E-state index is -3.92. The van der Waals surface area contributed by atoms with E-state index in [1.54, 1.807) is 67.8 Å². The summed E-state index contributed by atoms with van der Waals surface area (Å²) in [5, 5.41) is 0. The second-order valence-electron chi connectivity index (χ2n) is 5.83. The van der Waals surface area contributed by atoms with E-state index >= 15 is 0 Å². The first kappa shape index (κ1) is 18.7. The zero-order valence-corrected chi connectivity index (χ0v) is 15.8. The molecule has 3 aromatic carbocycles. The summed E-state index contributed by atoms with van der Waals surface area (Å²) in [6.45, 7) is 1.89. The highest BCUT2D eigenvalue weighted by atomic mass is 32.2. The highest BCUT2D eigenvalue weighted by Gasteiger charge is 2.17. The molecule has 0 saturated carbocycles. The molecule has 0 aliphatic heterocycles. The number of hydrogen-bond donors (Lipinski definition) is 0. The summed E-state index contributed by atoms with van der Waals surface area (Å²) in [4.78, 5) is 0.111. The van der Waals surface area contributed by atoms with Crippen LogP contribution in [-0.2, 0) is 10.0 Å². The summed E-state index contributed by atoms with van der Waals surface area (Å²) in [6, 6.07) is 22.3. The third kappa shape index (κ3) is 4.74. The van der Waals surface area contributed by atoms with Gasteiger partial charge in [0.05, 0.1) is 12.0 Å². The smallest absolute Gasteiger partial charge is 0.285 e. The third-order valence-electron chi connectivity index (χ3n) is 3.82. The van der Waals surface area contributed by atoms with E-state index in [0.29, 0.717) is 17.1 Å². The maximum Gasteiger partial charge on any atom is 0.285 e. The van der Waals surface area contributed by atoms with Gasteiger partial charge in [-0.3, -0.25) is 0 Å². The Labute approximate surface area is 159 Å². The van der Waals surface area contributed by atoms with Crippen molar-refractivity contribution in [1.82, 2.24) is 0 Å². The van der Waals surface area contributed by atoms with E-state index in [-0.39, 0.29) is 10.8 Å². The quantitative estimate of drug-likeness (QED) is 0.490. The minimum Gasteiger partial charge on any atom is -0.497 e. The lowest BCUT2D eigenvalue weighted by molar-refractivity contribution is 0.414. The number of ether oxygens (including phenoxy) is 2. The number of benzene rings is 3. The number of sulfonamides is 1. The molecule has 0 fully saturated rings. The molecule has 6 heteroatoms. The summed E-state index contributed by atoms with van der Waals surface area (Å²) in [5.74, 6) is 1.13. The molecule has 0 bridgehead atoms. The molecule has 0 radical (unpaired) electrons. The Kier molecular flexibility index (Phi) is 5.57. The lowest BCUT2D eigenvalue weighted by Crippen LogP contribution is -2.13. The van der Waals surface area contributed by atoms with E-state index in [0.717, 1.165) is 5.56 Å². The van der Waals surface area contributed by atoms with Crippen LogP contribution in [0, 0.1) is 6.92 Å². The summed E-state index contributed by atoms with van der Waals surface area (Å²) in [5.41, 5.74) is 1.53. The first-order valence-corrected chi connectivity index (χ1v) is 9.71. The molecule has 3 aromatic rings. The number of aryl methyl sites for hydroxylation is 1. The molecule has 0 saturated heterocycles. The van der Waals surface area contributed by atoms with E-state index in [4.69, 9.17) is 9.47 Å². The van der Waals surface area contributed by atoms with Crippen LogP contribution in [0.1, 0.15) is 11.1 Å². The predicted molar refractivity (Wildman–Crippen MR) is 105 cm³/mol. The molecule has 0 atom stereocenters. The fourth-order valence-electron chi connectivity index (χ4n) is 2.34. The van der Waals surface area contributed by atoms with Gasteiger partial charge in [-0.2, -0.15) is 8.42 Å². The lowest BCUT2D eigenvalue weighted by atomic mass is 10.2. The van der Waals surface area contributed by atoms with Crippen molar-refractivity contribution in [2.24, 2.45) is 4.40 Å². The highest BCUT2D eigenvalue weighted by molar-refractivity contribution is 7.90. The Bertz CT molecular complexity index is 1030. The van der Waals surface area contributed by atoms with Crippen molar-refractivity contribution in [3.05, 3.63) is 90.0 Å². The van der Waals surface area contributed by atoms with Crippen LogP contribution in [0.25, 0.3) is 0 Å². The molecular weight excluding hydrogens is 362 g/mol. The highest BCUT2D eigenvalue weighted by Crippen LogP contribution is 2.20. The Balaban J connectivity index is 2.01. The molecule has 0 aromatic heterocycles. The van der Waals surface area contributed by atoms with Crippen molar-refractivity contribution in [3.8, 4) is 11.5 Å². The zero-order chi connectivity index (χ0) is 19.3. The van der Waals surface area contributed by atoms with Crippen molar-refractivity contribution in [1.29, 1.82) is 0 Å². The van der Waals surface area contributed by atoms with Gasteiger partial charge in [-0.1, -0.05) is 35.9 Å². The average Bonchev–Trinajstić information content (AvgIpc) is 2.69. The fourth-order valence-corrected chi connectivity index (χ4v) is 3.28. The van der Waals surface area contributed by atoms with Crippen LogP contribution in [0.5, 0.6) is 11.5 Å². The second-order valence-corrected chi connectivity index (χ2v) is 7.43. The van der Waals surface area contributed by atoms with E-state index in [9.17, 15) is 8.42 Å². The lowest BCUT2D eigenvalue weighted by Gasteiger charge is -2.10. The molecule has 0 heterocycles. The van der Waals surface area contributed by atoms with E-state index in [2.05, 4.69) is 4.40 Å². The standard InChI is InChI=1S/C21H19NO4S/c1-16-8-14-20(15-9-16)27(23,24)22-21(17-6-4-3-5-7-17)26-19-12-10-18(25-2)11-13-19/h3-15H,1-2H3. The van der Waals surface area contributed by atoms with Gasteiger partial charge in [-0.25, -0.2) is 0 Å². The van der Waals surface area contributed by atoms with Crippen molar-refractivity contribution in [2.45, 2.75) is 11.8 Å². The van der Waals surface area contributed by atoms with Crippen LogP contribution in [-0.4, -0.2) is 21.4 Å². The predicted octanol–water partition coefficient (Wildman–Crippen LogP) is 4.22. The van der Waals surface area contributed by atoms with Gasteiger partial charge in [0.1, 0.15) is 11.5 Å². The van der Waals surface area contributed by atoms with Gasteiger partial charge in [0, 0.05) is 5.56 Å². The molecule has 0 spiro atoms. The van der Waals surface area contributed by atoms with Gasteiger partial charge in [-0.15, -0.1) is 4.40 Å². The van der Waals surface area contributed by atoms with E-state index in [1.807, 2.05) is 13.0 Å². The topological polar surface area (TPSA) is 65.0 Å². The van der Waals surface area contributed by atoms with Crippen LogP contribution in [0.4, 0.5) is 0 Å². The number of methoxy groups -OCH3 is 1. The second kappa shape index (κ2) is 8.05. The first-order valence-electron chi connectivity index (χ1n) is 8.27. The molecule has 5 nitrogen and oxygen atoms in total. The average molecular weight is 381 g/mol. The molecule has 0 aliphatic rings. The van der Waals surface area contributed by atoms with Gasteiger partial charge in [0.15, 0.2) is 0 Å². The van der Waals surface area contributed by atoms with Crippen LogP contribution < -0.4 is 9.47 Å². The SMILES string of the molecule is COc1ccc(OC(=NS(=O)(=O)c2ccc(C)cc2)c2ccccc2)cc1. The molecule has 138 valence electrons. The van der Waals surface area contributed by atoms with Gasteiger partial charge in [-0.05, 0) is 55.5 Å². The molecular formula is C21H19NO4S. The number of hydrogen-bond acceptors (Lipinski definition) is 4. The molecule has 0 unspecified atom stereocenters. The fraction of sp³-hybridized carbons (Fsp3) is 0.0952. The molecule has 0 aliphatic carbocycles. The molecule has 3 rings (SSSR count). The third-order valence-corrected chi connectivity index (χ3v) is 5.09. The molecule has 27 heavy (non-hydrogen) atoms. The summed E-state index contributed by atoms with van der Waals surface area (Å²) < 4.78 is 40.3. The van der Waals surface area contributed by atoms with Gasteiger partial charge >= 0.3 is 0 Å². The van der Waals surface area contributed by atoms with Gasteiger partial charge in [0.25, 0.3) is 10.0 Å². The summed E-state index contributed by atoms with van der Waals surface area (Å²) >= 11 is 0. The van der Waals surface area contributed by atoms with Crippen LogP contribution in [0.3, 0.4) is 0 Å². The normalized spacial score (nSPS) is 11.9. The van der Waals surface area contributed by atoms with E-state index in [1.165, 1.54) is 12.1 Å². The van der Waals surface area contributed by atoms with Crippen LogP contribution in [0.15, 0.2) is 88.2 Å². The Hall–Kier alpha value is -3.12. The van der Waals surface area contributed by atoms with Crippen molar-refractivity contribution < 1.29 is 17.9 Å². The Morgan fingerprint density at radius 2 is 1.41 bits per heavy atom. The first-order chi connectivity index (χ1) is 13.0. The largest absolute Gasteiger partial charge is 0.497 e. The van der Waals surface area contributed by atoms with Crippen molar-refractivity contribution >= 4 is 15.9 Å². The Morgan fingerprint density at radius 1 is 0.815 bits per heavy atom. The summed E-state index contributed by atoms with van der Waals surface area (Å²) in [7, 11) is -2.35. The maximum atomic E-state index is 12.7. The van der Waals surface area contributed by atoms with Gasteiger partial charge < -0.3 is 9.47 Å². The maximum absolute atomic E-state index is 12.7. The monoisotopic (exact) mass is 381 g/mol. The zero-order valence-electron chi connectivity index (χ0n) is 15.0.